The summed E-state index contributed by atoms with van der Waals surface area (Å²) in [5.41, 5.74) is 1.64. The summed E-state index contributed by atoms with van der Waals surface area (Å²) in [6.07, 6.45) is 4.54. The number of pyridine rings is 1. The van der Waals surface area contributed by atoms with E-state index in [2.05, 4.69) is 9.88 Å². The van der Waals surface area contributed by atoms with Gasteiger partial charge in [0.1, 0.15) is 5.75 Å². The molecule has 1 aliphatic carbocycles. The van der Waals surface area contributed by atoms with Crippen molar-refractivity contribution in [2.24, 2.45) is 11.8 Å². The van der Waals surface area contributed by atoms with E-state index in [9.17, 15) is 9.50 Å². The number of fused-ring (bicyclic) bond motifs is 1. The van der Waals surface area contributed by atoms with Crippen molar-refractivity contribution in [1.82, 2.24) is 9.88 Å². The van der Waals surface area contributed by atoms with Gasteiger partial charge in [-0.1, -0.05) is 12.1 Å². The number of aromatic nitrogens is 1. The van der Waals surface area contributed by atoms with Crippen molar-refractivity contribution in [3.63, 3.8) is 0 Å². The molecule has 2 aliphatic rings. The fourth-order valence-electron chi connectivity index (χ4n) is 4.35. The number of rotatable bonds is 5. The van der Waals surface area contributed by atoms with Crippen LogP contribution < -0.4 is 4.74 Å². The molecule has 2 heterocycles. The summed E-state index contributed by atoms with van der Waals surface area (Å²) in [6.45, 7) is 4.92. The van der Waals surface area contributed by atoms with Crippen LogP contribution in [0.5, 0.6) is 11.5 Å². The summed E-state index contributed by atoms with van der Waals surface area (Å²) in [4.78, 5) is 6.75. The van der Waals surface area contributed by atoms with Crippen LogP contribution in [0.25, 0.3) is 0 Å². The molecule has 0 spiro atoms. The summed E-state index contributed by atoms with van der Waals surface area (Å²) in [5, 5.41) is 9.30. The van der Waals surface area contributed by atoms with Gasteiger partial charge < -0.3 is 14.7 Å². The number of likely N-dealkylation sites (tertiary alicyclic amines) is 1. The molecule has 3 atom stereocenters. The lowest BCUT2D eigenvalue weighted by Crippen LogP contribution is -2.26. The summed E-state index contributed by atoms with van der Waals surface area (Å²) in [7, 11) is 0. The topological polar surface area (TPSA) is 45.6 Å². The van der Waals surface area contributed by atoms with Gasteiger partial charge in [-0.3, -0.25) is 4.98 Å². The third-order valence-electron chi connectivity index (χ3n) is 5.73. The maximum absolute atomic E-state index is 14.1. The van der Waals surface area contributed by atoms with Crippen molar-refractivity contribution >= 4 is 0 Å². The number of aryl methyl sites for hydroxylation is 1. The van der Waals surface area contributed by atoms with E-state index in [0.717, 1.165) is 44.6 Å². The van der Waals surface area contributed by atoms with Gasteiger partial charge in [0.05, 0.1) is 12.3 Å². The predicted octanol–water partition coefficient (Wildman–Crippen LogP) is 3.57. The molecule has 0 amide bonds. The second kappa shape index (κ2) is 7.23. The number of ether oxygens (including phenoxy) is 1. The van der Waals surface area contributed by atoms with Crippen LogP contribution in [-0.2, 0) is 6.42 Å². The molecular weight excluding hydrogens is 331 g/mol. The van der Waals surface area contributed by atoms with E-state index < -0.39 is 0 Å². The molecule has 0 bridgehead atoms. The molecule has 1 unspecified atom stereocenters. The highest BCUT2D eigenvalue weighted by molar-refractivity contribution is 5.30. The summed E-state index contributed by atoms with van der Waals surface area (Å²) >= 11 is 0. The van der Waals surface area contributed by atoms with Crippen molar-refractivity contribution in [3.05, 3.63) is 53.6 Å². The second-order valence-electron chi connectivity index (χ2n) is 7.64. The number of aromatic hydroxyl groups is 1. The van der Waals surface area contributed by atoms with Crippen LogP contribution in [0, 0.1) is 24.6 Å². The highest BCUT2D eigenvalue weighted by Crippen LogP contribution is 2.40. The van der Waals surface area contributed by atoms with Crippen LogP contribution in [0.2, 0.25) is 0 Å². The summed E-state index contributed by atoms with van der Waals surface area (Å²) in [6, 6.07) is 8.92. The minimum absolute atomic E-state index is 0.127. The molecule has 1 aromatic carbocycles. The van der Waals surface area contributed by atoms with Crippen molar-refractivity contribution < 1.29 is 14.2 Å². The normalized spacial score (nSPS) is 25.4. The van der Waals surface area contributed by atoms with E-state index in [4.69, 9.17) is 4.74 Å². The van der Waals surface area contributed by atoms with Gasteiger partial charge in [-0.25, -0.2) is 4.39 Å². The fraction of sp³-hybridized carbons (Fsp3) is 0.476. The average molecular weight is 356 g/mol. The first-order chi connectivity index (χ1) is 12.6. The van der Waals surface area contributed by atoms with E-state index in [1.165, 1.54) is 6.20 Å². The lowest BCUT2D eigenvalue weighted by atomic mass is 10.0. The average Bonchev–Trinajstić information content (AvgIpc) is 3.16. The fourth-order valence-corrected chi connectivity index (χ4v) is 4.35. The summed E-state index contributed by atoms with van der Waals surface area (Å²) in [5.74, 6) is 1.65. The maximum atomic E-state index is 14.1. The molecule has 2 fully saturated rings. The molecule has 2 aromatic rings. The Morgan fingerprint density at radius 3 is 2.65 bits per heavy atom. The smallest absolute Gasteiger partial charge is 0.167 e. The molecule has 1 saturated carbocycles. The zero-order chi connectivity index (χ0) is 18.1. The summed E-state index contributed by atoms with van der Waals surface area (Å²) < 4.78 is 20.1. The first kappa shape index (κ1) is 17.3. The highest BCUT2D eigenvalue weighted by atomic mass is 19.1. The maximum Gasteiger partial charge on any atom is 0.167 e. The minimum Gasteiger partial charge on any atom is -0.506 e. The van der Waals surface area contributed by atoms with Crippen LogP contribution in [0.3, 0.4) is 0 Å². The zero-order valence-corrected chi connectivity index (χ0v) is 15.1. The Kier molecular flexibility index (Phi) is 4.81. The van der Waals surface area contributed by atoms with Gasteiger partial charge in [-0.15, -0.1) is 0 Å². The Bertz CT molecular complexity index is 751. The SMILES string of the molecule is Cc1cccc(OC2C[C@@H]3CN(CCc4ccc(O)cn4)C[C@@H]3C2)c1F. The number of benzene rings is 1. The standard InChI is InChI=1S/C21H25FN2O2/c1-14-3-2-4-20(21(14)22)26-19-9-15-12-24(13-16(15)10-19)8-7-17-5-6-18(25)11-23-17/h2-6,11,15-16,19,25H,7-10,12-13H2,1H3/t15-,16+,19?. The molecule has 1 saturated heterocycles. The Morgan fingerprint density at radius 1 is 1.19 bits per heavy atom. The van der Waals surface area contributed by atoms with Gasteiger partial charge in [0.2, 0.25) is 0 Å². The second-order valence-corrected chi connectivity index (χ2v) is 7.64. The van der Waals surface area contributed by atoms with Crippen LogP contribution >= 0.6 is 0 Å². The number of hydrogen-bond acceptors (Lipinski definition) is 4. The van der Waals surface area contributed by atoms with E-state index in [-0.39, 0.29) is 17.7 Å². The van der Waals surface area contributed by atoms with Crippen molar-refractivity contribution in [3.8, 4) is 11.5 Å². The molecule has 5 heteroatoms. The van der Waals surface area contributed by atoms with Crippen LogP contribution in [-0.4, -0.2) is 40.7 Å². The van der Waals surface area contributed by atoms with Gasteiger partial charge >= 0.3 is 0 Å². The Hall–Kier alpha value is -2.14. The van der Waals surface area contributed by atoms with E-state index in [1.54, 1.807) is 25.1 Å². The highest BCUT2D eigenvalue weighted by Gasteiger charge is 2.41. The molecule has 138 valence electrons. The lowest BCUT2D eigenvalue weighted by molar-refractivity contribution is 0.178. The third kappa shape index (κ3) is 3.68. The molecule has 26 heavy (non-hydrogen) atoms. The number of halogens is 1. The largest absolute Gasteiger partial charge is 0.506 e. The number of hydrogen-bond donors (Lipinski definition) is 1. The van der Waals surface area contributed by atoms with Crippen molar-refractivity contribution in [1.29, 1.82) is 0 Å². The van der Waals surface area contributed by atoms with Gasteiger partial charge in [0.25, 0.3) is 0 Å². The van der Waals surface area contributed by atoms with Crippen molar-refractivity contribution in [2.45, 2.75) is 32.3 Å². The monoisotopic (exact) mass is 356 g/mol. The zero-order valence-electron chi connectivity index (χ0n) is 15.1. The molecule has 1 aromatic heterocycles. The number of nitrogens with zero attached hydrogens (tertiary/aromatic N) is 2. The molecule has 4 rings (SSSR count). The van der Waals surface area contributed by atoms with Gasteiger partial charge in [-0.2, -0.15) is 0 Å². The van der Waals surface area contributed by atoms with E-state index >= 15 is 0 Å². The van der Waals surface area contributed by atoms with Gasteiger partial charge in [0.15, 0.2) is 11.6 Å². The first-order valence-corrected chi connectivity index (χ1v) is 9.36. The molecule has 4 nitrogen and oxygen atoms in total. The first-order valence-electron chi connectivity index (χ1n) is 9.36. The van der Waals surface area contributed by atoms with E-state index in [1.807, 2.05) is 12.1 Å². The van der Waals surface area contributed by atoms with Crippen molar-refractivity contribution in [2.75, 3.05) is 19.6 Å². The van der Waals surface area contributed by atoms with Crippen LogP contribution in [0.1, 0.15) is 24.1 Å². The van der Waals surface area contributed by atoms with E-state index in [0.29, 0.717) is 23.1 Å². The molecular formula is C21H25FN2O2. The predicted molar refractivity (Wildman–Crippen MR) is 97.8 cm³/mol. The molecule has 1 aliphatic heterocycles. The van der Waals surface area contributed by atoms with Crippen LogP contribution in [0.4, 0.5) is 4.39 Å². The molecule has 0 radical (unpaired) electrons. The Morgan fingerprint density at radius 2 is 1.96 bits per heavy atom. The Labute approximate surface area is 153 Å². The third-order valence-corrected chi connectivity index (χ3v) is 5.73. The molecule has 1 N–H and O–H groups in total. The van der Waals surface area contributed by atoms with Gasteiger partial charge in [0, 0.05) is 31.7 Å². The Balaban J connectivity index is 1.27. The minimum atomic E-state index is -0.229. The van der Waals surface area contributed by atoms with Crippen LogP contribution in [0.15, 0.2) is 36.5 Å². The quantitative estimate of drug-likeness (QED) is 0.890. The lowest BCUT2D eigenvalue weighted by Gasteiger charge is -2.20. The van der Waals surface area contributed by atoms with Gasteiger partial charge in [-0.05, 0) is 55.4 Å².